The highest BCUT2D eigenvalue weighted by Gasteiger charge is 2.40. The molecule has 1 aliphatic rings. The van der Waals surface area contributed by atoms with E-state index in [-0.39, 0.29) is 11.2 Å². The first-order valence-electron chi connectivity index (χ1n) is 9.59. The zero-order chi connectivity index (χ0) is 19.3. The number of hydrogen-bond donors (Lipinski definition) is 0. The summed E-state index contributed by atoms with van der Waals surface area (Å²) in [5.74, 6) is 1.81. The molecule has 0 aromatic heterocycles. The average molecular weight is 367 g/mol. The van der Waals surface area contributed by atoms with E-state index >= 15 is 0 Å². The minimum atomic E-state index is -0.318. The maximum Gasteiger partial charge on any atom is 0.160 e. The molecule has 27 heavy (non-hydrogen) atoms. The van der Waals surface area contributed by atoms with E-state index in [1.807, 2.05) is 30.3 Å². The highest BCUT2D eigenvalue weighted by atomic mass is 16.5. The smallest absolute Gasteiger partial charge is 0.160 e. The number of methoxy groups -OCH3 is 2. The highest BCUT2D eigenvalue weighted by Crippen LogP contribution is 2.36. The van der Waals surface area contributed by atoms with Crippen LogP contribution in [-0.4, -0.2) is 44.5 Å². The van der Waals surface area contributed by atoms with E-state index in [9.17, 15) is 4.79 Å². The van der Waals surface area contributed by atoms with E-state index in [0.717, 1.165) is 56.0 Å². The lowest BCUT2D eigenvalue weighted by Crippen LogP contribution is -2.47. The topological polar surface area (TPSA) is 38.8 Å². The first kappa shape index (κ1) is 19.4. The number of likely N-dealkylation sites (tertiary alicyclic amines) is 1. The van der Waals surface area contributed by atoms with Crippen LogP contribution in [-0.2, 0) is 16.6 Å². The molecule has 2 aromatic rings. The van der Waals surface area contributed by atoms with Gasteiger partial charge in [0.25, 0.3) is 0 Å². The summed E-state index contributed by atoms with van der Waals surface area (Å²) in [4.78, 5) is 15.0. The van der Waals surface area contributed by atoms with Crippen molar-refractivity contribution in [2.45, 2.75) is 31.6 Å². The lowest BCUT2D eigenvalue weighted by Gasteiger charge is -2.40. The van der Waals surface area contributed by atoms with E-state index in [4.69, 9.17) is 9.47 Å². The van der Waals surface area contributed by atoms with Gasteiger partial charge in [-0.05, 0) is 62.5 Å². The molecule has 0 amide bonds. The van der Waals surface area contributed by atoms with Crippen molar-refractivity contribution in [1.29, 1.82) is 0 Å². The number of hydrogen-bond acceptors (Lipinski definition) is 4. The molecule has 1 saturated heterocycles. The summed E-state index contributed by atoms with van der Waals surface area (Å²) in [5, 5.41) is 0. The van der Waals surface area contributed by atoms with Gasteiger partial charge < -0.3 is 14.4 Å². The summed E-state index contributed by atoms with van der Waals surface area (Å²) in [6.45, 7) is 4.62. The first-order chi connectivity index (χ1) is 13.1. The van der Waals surface area contributed by atoms with Crippen LogP contribution in [0.2, 0.25) is 0 Å². The van der Waals surface area contributed by atoms with Gasteiger partial charge in [0.1, 0.15) is 5.78 Å². The molecule has 1 aliphatic heterocycles. The third-order valence-corrected chi connectivity index (χ3v) is 5.87. The Labute approximate surface area is 162 Å². The molecular formula is C23H29NO3. The molecule has 0 spiro atoms. The van der Waals surface area contributed by atoms with Gasteiger partial charge in [-0.15, -0.1) is 0 Å². The van der Waals surface area contributed by atoms with Crippen molar-refractivity contribution in [3.05, 3.63) is 59.7 Å². The Morgan fingerprint density at radius 2 is 1.67 bits per heavy atom. The predicted octanol–water partition coefficient (Wildman–Crippen LogP) is 3.87. The van der Waals surface area contributed by atoms with Crippen LogP contribution in [0, 0.1) is 0 Å². The van der Waals surface area contributed by atoms with Crippen LogP contribution in [0.25, 0.3) is 0 Å². The number of carbonyl (C=O) groups is 1. The van der Waals surface area contributed by atoms with Crippen molar-refractivity contribution < 1.29 is 14.3 Å². The largest absolute Gasteiger partial charge is 0.493 e. The zero-order valence-electron chi connectivity index (χ0n) is 16.5. The number of benzene rings is 2. The molecule has 0 radical (unpaired) electrons. The molecule has 0 aliphatic carbocycles. The van der Waals surface area contributed by atoms with Crippen molar-refractivity contribution in [3.63, 3.8) is 0 Å². The van der Waals surface area contributed by atoms with Crippen LogP contribution in [0.1, 0.15) is 30.9 Å². The second-order valence-electron chi connectivity index (χ2n) is 7.29. The zero-order valence-corrected chi connectivity index (χ0v) is 16.5. The van der Waals surface area contributed by atoms with E-state index in [1.165, 1.54) is 5.56 Å². The number of nitrogens with zero attached hydrogens (tertiary/aromatic N) is 1. The van der Waals surface area contributed by atoms with Gasteiger partial charge in [-0.25, -0.2) is 0 Å². The number of rotatable bonds is 7. The summed E-state index contributed by atoms with van der Waals surface area (Å²) >= 11 is 0. The summed E-state index contributed by atoms with van der Waals surface area (Å²) in [6, 6.07) is 16.4. The molecule has 2 aromatic carbocycles. The number of piperidine rings is 1. The Morgan fingerprint density at radius 3 is 2.26 bits per heavy atom. The van der Waals surface area contributed by atoms with Gasteiger partial charge in [0, 0.05) is 6.54 Å². The number of ether oxygens (including phenoxy) is 2. The minimum absolute atomic E-state index is 0.285. The normalized spacial score (nSPS) is 16.7. The van der Waals surface area contributed by atoms with Crippen LogP contribution >= 0.6 is 0 Å². The Kier molecular flexibility index (Phi) is 6.17. The van der Waals surface area contributed by atoms with Gasteiger partial charge in [0.15, 0.2) is 11.5 Å². The summed E-state index contributed by atoms with van der Waals surface area (Å²) in [6.07, 6.45) is 2.73. The lowest BCUT2D eigenvalue weighted by atomic mass is 9.70. The van der Waals surface area contributed by atoms with Crippen LogP contribution in [0.3, 0.4) is 0 Å². The molecule has 1 fully saturated rings. The molecule has 4 nitrogen and oxygen atoms in total. The van der Waals surface area contributed by atoms with E-state index in [2.05, 4.69) is 23.1 Å². The highest BCUT2D eigenvalue weighted by molar-refractivity contribution is 5.88. The van der Waals surface area contributed by atoms with Gasteiger partial charge >= 0.3 is 0 Å². The first-order valence-corrected chi connectivity index (χ1v) is 9.59. The molecule has 0 atom stereocenters. The van der Waals surface area contributed by atoms with Crippen LogP contribution in [0.5, 0.6) is 11.5 Å². The maximum absolute atomic E-state index is 12.5. The fourth-order valence-corrected chi connectivity index (χ4v) is 4.08. The third kappa shape index (κ3) is 4.16. The molecule has 0 bridgehead atoms. The van der Waals surface area contributed by atoms with Gasteiger partial charge in [-0.2, -0.15) is 0 Å². The summed E-state index contributed by atoms with van der Waals surface area (Å²) in [5.41, 5.74) is 2.08. The third-order valence-electron chi connectivity index (χ3n) is 5.87. The molecule has 1 heterocycles. The van der Waals surface area contributed by atoms with Crippen molar-refractivity contribution >= 4 is 5.78 Å². The fraction of sp³-hybridized carbons (Fsp3) is 0.435. The molecule has 0 unspecified atom stereocenters. The molecule has 3 rings (SSSR count). The summed E-state index contributed by atoms with van der Waals surface area (Å²) in [7, 11) is 3.32. The van der Waals surface area contributed by atoms with E-state index in [1.54, 1.807) is 21.1 Å². The second kappa shape index (κ2) is 8.57. The molecule has 0 saturated carbocycles. The number of ketones is 1. The van der Waals surface area contributed by atoms with E-state index < -0.39 is 0 Å². The SMILES string of the molecule is COc1ccc(CCN2CCC(C(C)=O)(c3ccccc3)CC2)cc1OC. The van der Waals surface area contributed by atoms with Crippen molar-refractivity contribution in [1.82, 2.24) is 4.90 Å². The van der Waals surface area contributed by atoms with Gasteiger partial charge in [-0.1, -0.05) is 36.4 Å². The Bertz CT molecular complexity index is 764. The predicted molar refractivity (Wildman–Crippen MR) is 108 cm³/mol. The van der Waals surface area contributed by atoms with Gasteiger partial charge in [-0.3, -0.25) is 4.79 Å². The van der Waals surface area contributed by atoms with Gasteiger partial charge in [0.2, 0.25) is 0 Å². The Balaban J connectivity index is 1.62. The van der Waals surface area contributed by atoms with Crippen LogP contribution in [0.4, 0.5) is 0 Å². The lowest BCUT2D eigenvalue weighted by molar-refractivity contribution is -0.124. The molecular weight excluding hydrogens is 338 g/mol. The standard InChI is InChI=1S/C23H29NO3/c1-18(25)23(20-7-5-4-6-8-20)12-15-24(16-13-23)14-11-19-9-10-21(26-2)22(17-19)27-3/h4-10,17H,11-16H2,1-3H3. The molecule has 0 N–H and O–H groups in total. The van der Waals surface area contributed by atoms with Crippen LogP contribution in [0.15, 0.2) is 48.5 Å². The van der Waals surface area contributed by atoms with Crippen molar-refractivity contribution in [3.8, 4) is 11.5 Å². The minimum Gasteiger partial charge on any atom is -0.493 e. The van der Waals surface area contributed by atoms with Gasteiger partial charge in [0.05, 0.1) is 19.6 Å². The van der Waals surface area contributed by atoms with Crippen molar-refractivity contribution in [2.75, 3.05) is 33.9 Å². The fourth-order valence-electron chi connectivity index (χ4n) is 4.08. The Hall–Kier alpha value is -2.33. The van der Waals surface area contributed by atoms with Crippen LogP contribution < -0.4 is 9.47 Å². The average Bonchev–Trinajstić information content (AvgIpc) is 2.72. The Morgan fingerprint density at radius 1 is 1.00 bits per heavy atom. The van der Waals surface area contributed by atoms with E-state index in [0.29, 0.717) is 0 Å². The maximum atomic E-state index is 12.5. The summed E-state index contributed by atoms with van der Waals surface area (Å²) < 4.78 is 10.7. The number of Topliss-reactive ketones (excluding diaryl/α,β-unsaturated/α-hetero) is 1. The monoisotopic (exact) mass is 367 g/mol. The molecule has 144 valence electrons. The number of carbonyl (C=O) groups excluding carboxylic acids is 1. The second-order valence-corrected chi connectivity index (χ2v) is 7.29. The quantitative estimate of drug-likeness (QED) is 0.745. The van der Waals surface area contributed by atoms with Crippen molar-refractivity contribution in [2.24, 2.45) is 0 Å². The molecule has 4 heteroatoms.